The SMILES string of the molecule is O=C(CN1CCc2[nH]cnc2C1c1ccccc1)NCc1ccco1. The summed E-state index contributed by atoms with van der Waals surface area (Å²) in [6.07, 6.45) is 4.21. The molecule has 3 heterocycles. The van der Waals surface area contributed by atoms with Gasteiger partial charge in [0.15, 0.2) is 0 Å². The number of nitrogens with one attached hydrogen (secondary N) is 2. The highest BCUT2D eigenvalue weighted by molar-refractivity contribution is 5.78. The molecule has 1 aliphatic rings. The number of carbonyl (C=O) groups is 1. The van der Waals surface area contributed by atoms with E-state index in [1.165, 1.54) is 0 Å². The van der Waals surface area contributed by atoms with Crippen molar-refractivity contribution in [1.82, 2.24) is 20.2 Å². The zero-order chi connectivity index (χ0) is 17.1. The van der Waals surface area contributed by atoms with Gasteiger partial charge in [0.1, 0.15) is 5.76 Å². The van der Waals surface area contributed by atoms with Crippen molar-refractivity contribution >= 4 is 5.91 Å². The molecule has 0 aliphatic carbocycles. The Bertz CT molecular complexity index is 826. The van der Waals surface area contributed by atoms with E-state index >= 15 is 0 Å². The highest BCUT2D eigenvalue weighted by Gasteiger charge is 2.31. The number of amides is 1. The molecule has 2 aromatic heterocycles. The lowest BCUT2D eigenvalue weighted by Crippen LogP contribution is -2.43. The van der Waals surface area contributed by atoms with E-state index in [0.717, 1.165) is 35.7 Å². The Kier molecular flexibility index (Phi) is 4.35. The number of aromatic nitrogens is 2. The van der Waals surface area contributed by atoms with E-state index < -0.39 is 0 Å². The predicted molar refractivity (Wildman–Crippen MR) is 92.7 cm³/mol. The van der Waals surface area contributed by atoms with E-state index in [0.29, 0.717) is 13.1 Å². The molecule has 1 atom stereocenters. The van der Waals surface area contributed by atoms with E-state index in [2.05, 4.69) is 32.3 Å². The normalized spacial score (nSPS) is 17.2. The topological polar surface area (TPSA) is 74.2 Å². The van der Waals surface area contributed by atoms with Gasteiger partial charge in [-0.2, -0.15) is 0 Å². The largest absolute Gasteiger partial charge is 0.467 e. The number of fused-ring (bicyclic) bond motifs is 1. The number of hydrogen-bond donors (Lipinski definition) is 2. The van der Waals surface area contributed by atoms with Gasteiger partial charge in [-0.25, -0.2) is 4.98 Å². The van der Waals surface area contributed by atoms with E-state index in [4.69, 9.17) is 4.42 Å². The lowest BCUT2D eigenvalue weighted by Gasteiger charge is -2.34. The quantitative estimate of drug-likeness (QED) is 0.749. The second-order valence-electron chi connectivity index (χ2n) is 6.16. The summed E-state index contributed by atoms with van der Waals surface area (Å²) in [7, 11) is 0. The molecule has 1 unspecified atom stereocenters. The van der Waals surface area contributed by atoms with Crippen molar-refractivity contribution in [2.24, 2.45) is 0 Å². The third-order valence-corrected chi connectivity index (χ3v) is 4.53. The Morgan fingerprint density at radius 1 is 1.28 bits per heavy atom. The Hall–Kier alpha value is -2.86. The molecule has 6 nitrogen and oxygen atoms in total. The predicted octanol–water partition coefficient (Wildman–Crippen LogP) is 2.27. The fourth-order valence-electron chi connectivity index (χ4n) is 3.34. The summed E-state index contributed by atoms with van der Waals surface area (Å²) in [6, 6.07) is 13.9. The molecule has 0 bridgehead atoms. The monoisotopic (exact) mass is 336 g/mol. The van der Waals surface area contributed by atoms with Crippen molar-refractivity contribution in [3.63, 3.8) is 0 Å². The molecule has 1 aliphatic heterocycles. The number of H-pyrrole nitrogens is 1. The summed E-state index contributed by atoms with van der Waals surface area (Å²) >= 11 is 0. The summed E-state index contributed by atoms with van der Waals surface area (Å²) in [4.78, 5) is 22.3. The van der Waals surface area contributed by atoms with Crippen LogP contribution in [0.1, 0.15) is 28.8 Å². The molecule has 1 amide bonds. The smallest absolute Gasteiger partial charge is 0.234 e. The van der Waals surface area contributed by atoms with Crippen LogP contribution < -0.4 is 5.32 Å². The molecule has 1 aromatic carbocycles. The minimum absolute atomic E-state index is 0.00874. The van der Waals surface area contributed by atoms with Crippen LogP contribution in [0.3, 0.4) is 0 Å². The maximum Gasteiger partial charge on any atom is 0.234 e. The summed E-state index contributed by atoms with van der Waals surface area (Å²) in [5.74, 6) is 0.734. The van der Waals surface area contributed by atoms with E-state index in [-0.39, 0.29) is 11.9 Å². The first-order chi connectivity index (χ1) is 12.3. The second-order valence-corrected chi connectivity index (χ2v) is 6.16. The van der Waals surface area contributed by atoms with Crippen molar-refractivity contribution in [2.75, 3.05) is 13.1 Å². The Balaban J connectivity index is 1.50. The van der Waals surface area contributed by atoms with E-state index in [1.807, 2.05) is 30.3 Å². The van der Waals surface area contributed by atoms with Crippen LogP contribution in [0.4, 0.5) is 0 Å². The zero-order valence-electron chi connectivity index (χ0n) is 13.8. The molecule has 0 saturated carbocycles. The lowest BCUT2D eigenvalue weighted by molar-refractivity contribution is -0.123. The molecule has 128 valence electrons. The van der Waals surface area contributed by atoms with Gasteiger partial charge in [0.05, 0.1) is 37.4 Å². The molecule has 3 aromatic rings. The van der Waals surface area contributed by atoms with Crippen LogP contribution in [-0.2, 0) is 17.8 Å². The maximum absolute atomic E-state index is 12.4. The van der Waals surface area contributed by atoms with Gasteiger partial charge in [-0.1, -0.05) is 30.3 Å². The van der Waals surface area contributed by atoms with Crippen molar-refractivity contribution in [1.29, 1.82) is 0 Å². The van der Waals surface area contributed by atoms with Crippen molar-refractivity contribution < 1.29 is 9.21 Å². The zero-order valence-corrected chi connectivity index (χ0v) is 13.8. The van der Waals surface area contributed by atoms with E-state index in [9.17, 15) is 4.79 Å². The van der Waals surface area contributed by atoms with Crippen LogP contribution in [-0.4, -0.2) is 33.9 Å². The fourth-order valence-corrected chi connectivity index (χ4v) is 3.34. The van der Waals surface area contributed by atoms with Gasteiger partial charge in [0.25, 0.3) is 0 Å². The number of benzene rings is 1. The Morgan fingerprint density at radius 2 is 2.16 bits per heavy atom. The van der Waals surface area contributed by atoms with Crippen LogP contribution >= 0.6 is 0 Å². The minimum Gasteiger partial charge on any atom is -0.467 e. The van der Waals surface area contributed by atoms with Gasteiger partial charge in [-0.3, -0.25) is 9.69 Å². The number of furan rings is 1. The maximum atomic E-state index is 12.4. The van der Waals surface area contributed by atoms with Gasteiger partial charge >= 0.3 is 0 Å². The van der Waals surface area contributed by atoms with Crippen LogP contribution in [0.25, 0.3) is 0 Å². The highest BCUT2D eigenvalue weighted by atomic mass is 16.3. The first-order valence-electron chi connectivity index (χ1n) is 8.41. The summed E-state index contributed by atoms with van der Waals surface area (Å²) in [5.41, 5.74) is 3.31. The van der Waals surface area contributed by atoms with Gasteiger partial charge in [0.2, 0.25) is 5.91 Å². The molecule has 0 spiro atoms. The molecule has 25 heavy (non-hydrogen) atoms. The van der Waals surface area contributed by atoms with Crippen LogP contribution in [0.2, 0.25) is 0 Å². The third-order valence-electron chi connectivity index (χ3n) is 4.53. The van der Waals surface area contributed by atoms with Gasteiger partial charge in [-0.05, 0) is 17.7 Å². The van der Waals surface area contributed by atoms with Gasteiger partial charge < -0.3 is 14.7 Å². The van der Waals surface area contributed by atoms with Gasteiger partial charge in [0, 0.05) is 18.7 Å². The second kappa shape index (κ2) is 6.94. The average Bonchev–Trinajstić information content (AvgIpc) is 3.32. The third kappa shape index (κ3) is 3.34. The summed E-state index contributed by atoms with van der Waals surface area (Å²) < 4.78 is 5.26. The van der Waals surface area contributed by atoms with Gasteiger partial charge in [-0.15, -0.1) is 0 Å². The number of rotatable bonds is 5. The van der Waals surface area contributed by atoms with Crippen molar-refractivity contribution in [2.45, 2.75) is 19.0 Å². The first-order valence-corrected chi connectivity index (χ1v) is 8.41. The fraction of sp³-hybridized carbons (Fsp3) is 0.263. The molecule has 6 heteroatoms. The summed E-state index contributed by atoms with van der Waals surface area (Å²) in [5, 5.41) is 2.92. The number of hydrogen-bond acceptors (Lipinski definition) is 4. The molecule has 0 fully saturated rings. The molecular weight excluding hydrogens is 316 g/mol. The standard InChI is InChI=1S/C19H20N4O2/c24-17(20-11-15-7-4-10-25-15)12-23-9-8-16-18(22-13-21-16)19(23)14-5-2-1-3-6-14/h1-7,10,13,19H,8-9,11-12H2,(H,20,24)(H,21,22). The number of aromatic amines is 1. The van der Waals surface area contributed by atoms with Crippen molar-refractivity contribution in [3.05, 3.63) is 77.8 Å². The highest BCUT2D eigenvalue weighted by Crippen LogP contribution is 2.32. The van der Waals surface area contributed by atoms with Crippen LogP contribution in [0.15, 0.2) is 59.5 Å². The Morgan fingerprint density at radius 3 is 2.96 bits per heavy atom. The summed E-state index contributed by atoms with van der Waals surface area (Å²) in [6.45, 7) is 1.54. The van der Waals surface area contributed by atoms with Crippen LogP contribution in [0.5, 0.6) is 0 Å². The molecule has 2 N–H and O–H groups in total. The average molecular weight is 336 g/mol. The van der Waals surface area contributed by atoms with E-state index in [1.54, 1.807) is 12.6 Å². The molecule has 0 saturated heterocycles. The number of nitrogens with zero attached hydrogens (tertiary/aromatic N) is 2. The van der Waals surface area contributed by atoms with Crippen LogP contribution in [0, 0.1) is 0 Å². The molecule has 4 rings (SSSR count). The molecular formula is C19H20N4O2. The lowest BCUT2D eigenvalue weighted by atomic mass is 9.95. The van der Waals surface area contributed by atoms with Crippen molar-refractivity contribution in [3.8, 4) is 0 Å². The number of carbonyl (C=O) groups excluding carboxylic acids is 1. The number of imidazole rings is 1. The molecule has 0 radical (unpaired) electrons. The minimum atomic E-state index is -0.0173. The Labute approximate surface area is 145 Å². The first kappa shape index (κ1) is 15.7.